The van der Waals surface area contributed by atoms with Gasteiger partial charge < -0.3 is 10.4 Å². The Hall–Kier alpha value is -3.16. The summed E-state index contributed by atoms with van der Waals surface area (Å²) in [5, 5.41) is 29.2. The molecule has 148 valence electrons. The van der Waals surface area contributed by atoms with E-state index in [-0.39, 0.29) is 11.3 Å². The lowest BCUT2D eigenvalue weighted by Gasteiger charge is -2.37. The number of nitrogens with one attached hydrogen (secondary N) is 1. The molecule has 1 aromatic carbocycles. The van der Waals surface area contributed by atoms with Crippen LogP contribution in [0.4, 0.5) is 11.5 Å². The Balaban J connectivity index is 2.38. The van der Waals surface area contributed by atoms with Gasteiger partial charge in [-0.15, -0.1) is 0 Å². The van der Waals surface area contributed by atoms with E-state index in [9.17, 15) is 20.0 Å². The minimum atomic E-state index is -1.08. The zero-order chi connectivity index (χ0) is 20.8. The molecule has 0 spiro atoms. The Morgan fingerprint density at radius 1 is 1.43 bits per heavy atom. The number of carbonyl (C=O) groups is 1. The molecule has 8 heteroatoms. The molecule has 2 heterocycles. The normalized spacial score (nSPS) is 18.8. The highest BCUT2D eigenvalue weighted by molar-refractivity contribution is 5.95. The highest BCUT2D eigenvalue weighted by atomic mass is 16.6. The van der Waals surface area contributed by atoms with Crippen molar-refractivity contribution in [3.8, 4) is 0 Å². The van der Waals surface area contributed by atoms with E-state index < -0.39 is 16.3 Å². The third-order valence-electron chi connectivity index (χ3n) is 5.25. The number of aliphatic carboxylic acids is 1. The molecular weight excluding hydrogens is 360 g/mol. The number of benzene rings is 1. The third kappa shape index (κ3) is 2.94. The van der Waals surface area contributed by atoms with Gasteiger partial charge in [0, 0.05) is 30.4 Å². The SMILES string of the molecule is CC1=C(C(=O)O)C(C)(c2cccc([N+](=O)[O-])c2)c2c(CC(C)C)nn(C)c2N1. The van der Waals surface area contributed by atoms with Gasteiger partial charge in [-0.2, -0.15) is 5.10 Å². The van der Waals surface area contributed by atoms with Gasteiger partial charge >= 0.3 is 5.97 Å². The Labute approximate surface area is 163 Å². The van der Waals surface area contributed by atoms with Gasteiger partial charge in [-0.25, -0.2) is 4.79 Å². The van der Waals surface area contributed by atoms with E-state index in [0.717, 1.165) is 11.3 Å². The molecule has 0 aliphatic carbocycles. The maximum atomic E-state index is 12.3. The molecule has 1 aliphatic rings. The second kappa shape index (κ2) is 6.78. The van der Waals surface area contributed by atoms with E-state index in [4.69, 9.17) is 0 Å². The van der Waals surface area contributed by atoms with Crippen LogP contribution in [0.2, 0.25) is 0 Å². The second-order valence-corrected chi connectivity index (χ2v) is 7.75. The largest absolute Gasteiger partial charge is 0.478 e. The van der Waals surface area contributed by atoms with Crippen LogP contribution in [0, 0.1) is 16.0 Å². The number of carboxylic acid groups (broad SMARTS) is 1. The van der Waals surface area contributed by atoms with Crippen LogP contribution in [0.15, 0.2) is 35.5 Å². The Morgan fingerprint density at radius 3 is 2.68 bits per heavy atom. The van der Waals surface area contributed by atoms with Crippen molar-refractivity contribution in [1.82, 2.24) is 9.78 Å². The van der Waals surface area contributed by atoms with Gasteiger partial charge in [0.05, 0.1) is 21.6 Å². The Bertz CT molecular complexity index is 1010. The number of carboxylic acids is 1. The van der Waals surface area contributed by atoms with E-state index in [1.165, 1.54) is 12.1 Å². The van der Waals surface area contributed by atoms with Gasteiger partial charge in [0.2, 0.25) is 0 Å². The quantitative estimate of drug-likeness (QED) is 0.602. The number of aromatic nitrogens is 2. The first-order valence-electron chi connectivity index (χ1n) is 9.10. The number of nitro benzene ring substituents is 1. The van der Waals surface area contributed by atoms with Crippen LogP contribution in [-0.4, -0.2) is 25.8 Å². The Kier molecular flexibility index (Phi) is 4.74. The molecule has 0 radical (unpaired) electrons. The molecule has 28 heavy (non-hydrogen) atoms. The molecule has 0 fully saturated rings. The molecule has 1 aromatic heterocycles. The van der Waals surface area contributed by atoms with Crippen molar-refractivity contribution in [1.29, 1.82) is 0 Å². The number of nitro groups is 1. The zero-order valence-corrected chi connectivity index (χ0v) is 16.6. The van der Waals surface area contributed by atoms with Gasteiger partial charge in [0.15, 0.2) is 0 Å². The number of hydrogen-bond acceptors (Lipinski definition) is 5. The standard InChI is InChI=1S/C20H24N4O4/c1-11(2)9-15-17-18(23(5)22-15)21-12(3)16(19(25)26)20(17,4)13-7-6-8-14(10-13)24(27)28/h6-8,10-11,21H,9H2,1-5H3,(H,25,26). The van der Waals surface area contributed by atoms with Crippen LogP contribution < -0.4 is 5.32 Å². The van der Waals surface area contributed by atoms with Crippen LogP contribution in [-0.2, 0) is 23.7 Å². The molecule has 8 nitrogen and oxygen atoms in total. The third-order valence-corrected chi connectivity index (χ3v) is 5.25. The zero-order valence-electron chi connectivity index (χ0n) is 16.6. The number of anilines is 1. The summed E-state index contributed by atoms with van der Waals surface area (Å²) in [5.41, 5.74) is 1.61. The lowest BCUT2D eigenvalue weighted by Crippen LogP contribution is -2.37. The van der Waals surface area contributed by atoms with Gasteiger partial charge in [0.1, 0.15) is 5.82 Å². The maximum Gasteiger partial charge on any atom is 0.334 e. The first-order valence-corrected chi connectivity index (χ1v) is 9.10. The first kappa shape index (κ1) is 19.6. The van der Waals surface area contributed by atoms with Crippen LogP contribution >= 0.6 is 0 Å². The molecule has 0 saturated heterocycles. The van der Waals surface area contributed by atoms with Crippen molar-refractivity contribution in [3.63, 3.8) is 0 Å². The number of nitrogens with zero attached hydrogens (tertiary/aromatic N) is 3. The number of hydrogen-bond donors (Lipinski definition) is 2. The van der Waals surface area contributed by atoms with Crippen LogP contribution in [0.25, 0.3) is 0 Å². The van der Waals surface area contributed by atoms with Crippen molar-refractivity contribution < 1.29 is 14.8 Å². The topological polar surface area (TPSA) is 110 Å². The molecule has 1 atom stereocenters. The monoisotopic (exact) mass is 384 g/mol. The lowest BCUT2D eigenvalue weighted by molar-refractivity contribution is -0.384. The lowest BCUT2D eigenvalue weighted by atomic mass is 9.67. The smallest absolute Gasteiger partial charge is 0.334 e. The fourth-order valence-electron chi connectivity index (χ4n) is 4.11. The summed E-state index contributed by atoms with van der Waals surface area (Å²) in [6.07, 6.45) is 0.668. The van der Waals surface area contributed by atoms with Gasteiger partial charge in [-0.3, -0.25) is 14.8 Å². The average Bonchev–Trinajstić information content (AvgIpc) is 2.89. The molecule has 2 N–H and O–H groups in total. The second-order valence-electron chi connectivity index (χ2n) is 7.75. The predicted octanol–water partition coefficient (Wildman–Crippen LogP) is 3.62. The summed E-state index contributed by atoms with van der Waals surface area (Å²) in [7, 11) is 1.81. The molecule has 0 amide bonds. The van der Waals surface area contributed by atoms with E-state index in [1.807, 2.05) is 14.0 Å². The number of rotatable bonds is 5. The van der Waals surface area contributed by atoms with Crippen molar-refractivity contribution in [2.75, 3.05) is 5.32 Å². The van der Waals surface area contributed by atoms with Crippen LogP contribution in [0.3, 0.4) is 0 Å². The van der Waals surface area contributed by atoms with Crippen LogP contribution in [0.1, 0.15) is 44.5 Å². The summed E-state index contributed by atoms with van der Waals surface area (Å²) in [6, 6.07) is 6.19. The Morgan fingerprint density at radius 2 is 2.11 bits per heavy atom. The minimum Gasteiger partial charge on any atom is -0.478 e. The van der Waals surface area contributed by atoms with Gasteiger partial charge in [-0.05, 0) is 31.7 Å². The summed E-state index contributed by atoms with van der Waals surface area (Å²) in [5.74, 6) is -0.0372. The summed E-state index contributed by atoms with van der Waals surface area (Å²) in [4.78, 5) is 23.1. The van der Waals surface area contributed by atoms with E-state index >= 15 is 0 Å². The van der Waals surface area contributed by atoms with Crippen molar-refractivity contribution >= 4 is 17.5 Å². The number of aryl methyl sites for hydroxylation is 1. The summed E-state index contributed by atoms with van der Waals surface area (Å²) >= 11 is 0. The minimum absolute atomic E-state index is 0.0736. The number of non-ortho nitro benzene ring substituents is 1. The highest BCUT2D eigenvalue weighted by Crippen LogP contribution is 2.49. The predicted molar refractivity (Wildman–Crippen MR) is 105 cm³/mol. The first-order chi connectivity index (χ1) is 13.1. The molecule has 1 aliphatic heterocycles. The van der Waals surface area contributed by atoms with E-state index in [2.05, 4.69) is 24.3 Å². The molecule has 0 saturated carbocycles. The fourth-order valence-corrected chi connectivity index (χ4v) is 4.11. The summed E-state index contributed by atoms with van der Waals surface area (Å²) < 4.78 is 1.71. The van der Waals surface area contributed by atoms with Gasteiger partial charge in [-0.1, -0.05) is 26.0 Å². The van der Waals surface area contributed by atoms with Crippen molar-refractivity contribution in [2.45, 2.75) is 39.5 Å². The van der Waals surface area contributed by atoms with Crippen molar-refractivity contribution in [3.05, 3.63) is 62.5 Å². The number of allylic oxidation sites excluding steroid dienone is 1. The van der Waals surface area contributed by atoms with Crippen molar-refractivity contribution in [2.24, 2.45) is 13.0 Å². The molecule has 0 bridgehead atoms. The molecular formula is C20H24N4O4. The average molecular weight is 384 g/mol. The fraction of sp³-hybridized carbons (Fsp3) is 0.400. The maximum absolute atomic E-state index is 12.3. The molecule has 3 rings (SSSR count). The van der Waals surface area contributed by atoms with E-state index in [0.29, 0.717) is 29.4 Å². The molecule has 1 unspecified atom stereocenters. The molecule has 2 aromatic rings. The van der Waals surface area contributed by atoms with Crippen LogP contribution in [0.5, 0.6) is 0 Å². The number of fused-ring (bicyclic) bond motifs is 1. The van der Waals surface area contributed by atoms with Gasteiger partial charge in [0.25, 0.3) is 5.69 Å². The van der Waals surface area contributed by atoms with E-state index in [1.54, 1.807) is 23.7 Å². The summed E-state index contributed by atoms with van der Waals surface area (Å²) in [6.45, 7) is 7.66. The highest BCUT2D eigenvalue weighted by Gasteiger charge is 2.47.